The summed E-state index contributed by atoms with van der Waals surface area (Å²) in [6, 6.07) is 9.03. The van der Waals surface area contributed by atoms with Crippen LogP contribution in [-0.2, 0) is 0 Å². The molecule has 0 fully saturated rings. The number of nitrogens with one attached hydrogen (secondary N) is 1. The lowest BCUT2D eigenvalue weighted by atomic mass is 10.0. The van der Waals surface area contributed by atoms with Gasteiger partial charge in [-0.25, -0.2) is 0 Å². The average molecular weight is 248 g/mol. The van der Waals surface area contributed by atoms with Crippen LogP contribution in [0.4, 0.5) is 5.69 Å². The molecule has 2 N–H and O–H groups in total. The van der Waals surface area contributed by atoms with E-state index in [2.05, 4.69) is 41.4 Å². The first-order valence-corrected chi connectivity index (χ1v) is 6.97. The highest BCUT2D eigenvalue weighted by Gasteiger charge is 2.22. The molecule has 1 aromatic carbocycles. The molecular weight excluding hydrogens is 224 g/mol. The van der Waals surface area contributed by atoms with Crippen molar-refractivity contribution in [1.29, 1.82) is 0 Å². The van der Waals surface area contributed by atoms with E-state index >= 15 is 0 Å². The minimum absolute atomic E-state index is 0.284. The molecule has 3 nitrogen and oxygen atoms in total. The molecule has 18 heavy (non-hydrogen) atoms. The highest BCUT2D eigenvalue weighted by molar-refractivity contribution is 5.56. The number of aliphatic hydroxyl groups excluding tert-OH is 1. The summed E-state index contributed by atoms with van der Waals surface area (Å²) in [6.07, 6.45) is 2.05. The number of hydrogen-bond acceptors (Lipinski definition) is 3. The average Bonchev–Trinajstić information content (AvgIpc) is 2.51. The molecule has 0 spiro atoms. The molecule has 1 heterocycles. The lowest BCUT2D eigenvalue weighted by Gasteiger charge is -2.27. The Kier molecular flexibility index (Phi) is 4.61. The standard InChI is InChI=1S/C15H24N2O/c1-3-16-14-8-6-10-17(11-12(2)18)15-9-5-4-7-13(14)15/h4-5,7,9,12,14,16,18H,3,6,8,10-11H2,1-2H3. The molecule has 2 atom stereocenters. The lowest BCUT2D eigenvalue weighted by Crippen LogP contribution is -2.31. The normalized spacial score (nSPS) is 21.3. The van der Waals surface area contributed by atoms with E-state index in [1.807, 2.05) is 6.92 Å². The molecule has 0 amide bonds. The van der Waals surface area contributed by atoms with Crippen molar-refractivity contribution in [3.8, 4) is 0 Å². The largest absolute Gasteiger partial charge is 0.392 e. The second kappa shape index (κ2) is 6.21. The summed E-state index contributed by atoms with van der Waals surface area (Å²) in [4.78, 5) is 2.32. The topological polar surface area (TPSA) is 35.5 Å². The third kappa shape index (κ3) is 3.03. The molecule has 1 aromatic rings. The Bertz CT molecular complexity index is 379. The van der Waals surface area contributed by atoms with Gasteiger partial charge in [0.25, 0.3) is 0 Å². The Morgan fingerprint density at radius 1 is 1.44 bits per heavy atom. The van der Waals surface area contributed by atoms with Gasteiger partial charge >= 0.3 is 0 Å². The highest BCUT2D eigenvalue weighted by atomic mass is 16.3. The van der Waals surface area contributed by atoms with Crippen LogP contribution in [0.2, 0.25) is 0 Å². The zero-order chi connectivity index (χ0) is 13.0. The summed E-state index contributed by atoms with van der Waals surface area (Å²) in [7, 11) is 0. The lowest BCUT2D eigenvalue weighted by molar-refractivity contribution is 0.200. The van der Waals surface area contributed by atoms with Crippen molar-refractivity contribution in [3.63, 3.8) is 0 Å². The fraction of sp³-hybridized carbons (Fsp3) is 0.600. The summed E-state index contributed by atoms with van der Waals surface area (Å²) < 4.78 is 0. The number of nitrogens with zero attached hydrogens (tertiary/aromatic N) is 1. The molecule has 100 valence electrons. The van der Waals surface area contributed by atoms with Gasteiger partial charge in [-0.1, -0.05) is 25.1 Å². The molecule has 0 radical (unpaired) electrons. The van der Waals surface area contributed by atoms with Crippen LogP contribution in [0.25, 0.3) is 0 Å². The number of hydrogen-bond donors (Lipinski definition) is 2. The molecular formula is C15H24N2O. The van der Waals surface area contributed by atoms with Crippen LogP contribution in [-0.4, -0.2) is 30.8 Å². The van der Waals surface area contributed by atoms with E-state index in [0.717, 1.165) is 19.6 Å². The van der Waals surface area contributed by atoms with Gasteiger partial charge in [0.1, 0.15) is 0 Å². The predicted molar refractivity (Wildman–Crippen MR) is 76.0 cm³/mol. The van der Waals surface area contributed by atoms with Crippen LogP contribution < -0.4 is 10.2 Å². The van der Waals surface area contributed by atoms with Crippen molar-refractivity contribution >= 4 is 5.69 Å². The van der Waals surface area contributed by atoms with Gasteiger partial charge in [0.2, 0.25) is 0 Å². The van der Waals surface area contributed by atoms with Gasteiger partial charge in [-0.3, -0.25) is 0 Å². The number of benzene rings is 1. The Hall–Kier alpha value is -1.06. The molecule has 0 saturated carbocycles. The van der Waals surface area contributed by atoms with E-state index in [0.29, 0.717) is 6.04 Å². The first kappa shape index (κ1) is 13.4. The summed E-state index contributed by atoms with van der Waals surface area (Å²) in [6.45, 7) is 6.76. The molecule has 0 bridgehead atoms. The number of anilines is 1. The Balaban J connectivity index is 2.28. The van der Waals surface area contributed by atoms with Crippen molar-refractivity contribution in [2.24, 2.45) is 0 Å². The minimum atomic E-state index is -0.284. The second-order valence-electron chi connectivity index (χ2n) is 5.11. The summed E-state index contributed by atoms with van der Waals surface area (Å²) >= 11 is 0. The Morgan fingerprint density at radius 3 is 2.94 bits per heavy atom. The summed E-state index contributed by atoms with van der Waals surface area (Å²) in [5, 5.41) is 13.2. The van der Waals surface area contributed by atoms with E-state index in [-0.39, 0.29) is 6.10 Å². The van der Waals surface area contributed by atoms with Crippen molar-refractivity contribution < 1.29 is 5.11 Å². The third-order valence-electron chi connectivity index (χ3n) is 3.51. The number of fused-ring (bicyclic) bond motifs is 1. The predicted octanol–water partition coefficient (Wildman–Crippen LogP) is 2.32. The van der Waals surface area contributed by atoms with Crippen LogP contribution in [0.1, 0.15) is 38.3 Å². The van der Waals surface area contributed by atoms with Crippen LogP contribution in [0.3, 0.4) is 0 Å². The Morgan fingerprint density at radius 2 is 2.22 bits per heavy atom. The molecule has 2 rings (SSSR count). The number of rotatable bonds is 4. The summed E-state index contributed by atoms with van der Waals surface area (Å²) in [5.74, 6) is 0. The summed E-state index contributed by atoms with van der Waals surface area (Å²) in [5.41, 5.74) is 2.65. The van der Waals surface area contributed by atoms with E-state index in [9.17, 15) is 5.11 Å². The first-order valence-electron chi connectivity index (χ1n) is 6.97. The van der Waals surface area contributed by atoms with E-state index in [1.165, 1.54) is 24.1 Å². The second-order valence-corrected chi connectivity index (χ2v) is 5.11. The fourth-order valence-corrected chi connectivity index (χ4v) is 2.80. The van der Waals surface area contributed by atoms with E-state index in [1.54, 1.807) is 0 Å². The van der Waals surface area contributed by atoms with Crippen LogP contribution in [0.15, 0.2) is 24.3 Å². The maximum absolute atomic E-state index is 9.63. The van der Waals surface area contributed by atoms with Gasteiger partial charge in [-0.2, -0.15) is 0 Å². The van der Waals surface area contributed by atoms with Crippen LogP contribution in [0, 0.1) is 0 Å². The van der Waals surface area contributed by atoms with Gasteiger partial charge in [0, 0.05) is 24.8 Å². The first-order chi connectivity index (χ1) is 8.72. The Labute approximate surface area is 110 Å². The highest BCUT2D eigenvalue weighted by Crippen LogP contribution is 2.32. The van der Waals surface area contributed by atoms with Gasteiger partial charge in [-0.15, -0.1) is 0 Å². The number of aliphatic hydroxyl groups is 1. The van der Waals surface area contributed by atoms with Gasteiger partial charge in [0.15, 0.2) is 0 Å². The van der Waals surface area contributed by atoms with E-state index < -0.39 is 0 Å². The zero-order valence-electron chi connectivity index (χ0n) is 11.4. The van der Waals surface area contributed by atoms with Crippen molar-refractivity contribution in [1.82, 2.24) is 5.32 Å². The SMILES string of the molecule is CCNC1CCCN(CC(C)O)c2ccccc21. The maximum atomic E-state index is 9.63. The van der Waals surface area contributed by atoms with Crippen molar-refractivity contribution in [3.05, 3.63) is 29.8 Å². The van der Waals surface area contributed by atoms with Crippen LogP contribution in [0.5, 0.6) is 0 Å². The molecule has 3 heteroatoms. The third-order valence-corrected chi connectivity index (χ3v) is 3.51. The maximum Gasteiger partial charge on any atom is 0.0687 e. The van der Waals surface area contributed by atoms with Gasteiger partial charge in [0.05, 0.1) is 6.10 Å². The number of β-amino-alcohol motifs (C(OH)–C–C–N with tert-alkyl or cyclic N) is 1. The fourth-order valence-electron chi connectivity index (χ4n) is 2.80. The van der Waals surface area contributed by atoms with Crippen molar-refractivity contribution in [2.45, 2.75) is 38.8 Å². The van der Waals surface area contributed by atoms with Crippen molar-refractivity contribution in [2.75, 3.05) is 24.5 Å². The molecule has 2 unspecified atom stereocenters. The van der Waals surface area contributed by atoms with Crippen LogP contribution >= 0.6 is 0 Å². The monoisotopic (exact) mass is 248 g/mol. The molecule has 0 aromatic heterocycles. The van der Waals surface area contributed by atoms with Gasteiger partial charge < -0.3 is 15.3 Å². The molecule has 1 aliphatic rings. The minimum Gasteiger partial charge on any atom is -0.392 e. The smallest absolute Gasteiger partial charge is 0.0687 e. The number of para-hydroxylation sites is 1. The molecule has 0 saturated heterocycles. The quantitative estimate of drug-likeness (QED) is 0.858. The van der Waals surface area contributed by atoms with Gasteiger partial charge in [-0.05, 0) is 37.9 Å². The zero-order valence-corrected chi connectivity index (χ0v) is 11.4. The molecule has 1 aliphatic heterocycles. The molecule has 0 aliphatic carbocycles. The van der Waals surface area contributed by atoms with E-state index in [4.69, 9.17) is 0 Å².